The summed E-state index contributed by atoms with van der Waals surface area (Å²) < 4.78 is 29.3. The van der Waals surface area contributed by atoms with Gasteiger partial charge in [-0.25, -0.2) is 4.99 Å². The highest BCUT2D eigenvalue weighted by atomic mass is 32.2. The van der Waals surface area contributed by atoms with E-state index in [1.165, 1.54) is 29.2 Å². The van der Waals surface area contributed by atoms with Crippen LogP contribution in [-0.2, 0) is 9.59 Å². The Kier molecular flexibility index (Phi) is 8.42. The maximum Gasteiger partial charge on any atom is 0.387 e. The Labute approximate surface area is 200 Å². The zero-order valence-corrected chi connectivity index (χ0v) is 19.5. The summed E-state index contributed by atoms with van der Waals surface area (Å²) in [6, 6.07) is 13.3. The fourth-order valence-corrected chi connectivity index (χ4v) is 3.83. The number of hydrogen-bond acceptors (Lipinski definition) is 6. The van der Waals surface area contributed by atoms with Crippen LogP contribution in [0, 0.1) is 0 Å². The molecule has 0 aromatic heterocycles. The molecule has 1 aliphatic heterocycles. The van der Waals surface area contributed by atoms with E-state index in [4.69, 9.17) is 0 Å². The molecule has 1 aliphatic rings. The van der Waals surface area contributed by atoms with Crippen molar-refractivity contribution in [2.24, 2.45) is 4.99 Å². The molecule has 1 heterocycles. The lowest BCUT2D eigenvalue weighted by Gasteiger charge is -2.18. The van der Waals surface area contributed by atoms with Gasteiger partial charge in [-0.15, -0.1) is 6.58 Å². The Morgan fingerprint density at radius 3 is 2.47 bits per heavy atom. The van der Waals surface area contributed by atoms with E-state index < -0.39 is 12.5 Å². The number of ether oxygens (including phenoxy) is 1. The number of nitrogens with zero attached hydrogens (tertiary/aromatic N) is 3. The van der Waals surface area contributed by atoms with Gasteiger partial charge in [-0.05, 0) is 48.0 Å². The molecule has 2 amide bonds. The molecule has 1 N–H and O–H groups in total. The summed E-state index contributed by atoms with van der Waals surface area (Å²) in [5.74, 6) is -0.629. The third-order valence-corrected chi connectivity index (χ3v) is 5.58. The molecular formula is C24H24F2N4O3S. The lowest BCUT2D eigenvalue weighted by atomic mass is 10.1. The van der Waals surface area contributed by atoms with Gasteiger partial charge >= 0.3 is 6.61 Å². The average Bonchev–Trinajstić information content (AvgIpc) is 3.11. The van der Waals surface area contributed by atoms with E-state index in [1.807, 2.05) is 43.3 Å². The zero-order valence-electron chi connectivity index (χ0n) is 18.7. The average molecular weight is 487 g/mol. The number of aliphatic imine (C=N–C) groups is 1. The summed E-state index contributed by atoms with van der Waals surface area (Å²) in [4.78, 5) is 33.0. The first kappa shape index (κ1) is 25.0. The third kappa shape index (κ3) is 6.44. The first-order chi connectivity index (χ1) is 16.3. The Hall–Kier alpha value is -3.66. The molecule has 0 spiro atoms. The van der Waals surface area contributed by atoms with E-state index in [0.29, 0.717) is 17.4 Å². The number of halogens is 2. The van der Waals surface area contributed by atoms with Crippen LogP contribution in [0.1, 0.15) is 5.56 Å². The SMILES string of the molecule is C=CCNC(=O)CSC1=N/C(=C\c2ccc(N(C)C)cc2)C(=O)N1c1ccc(OC(F)F)cc1. The van der Waals surface area contributed by atoms with Crippen LogP contribution >= 0.6 is 11.8 Å². The van der Waals surface area contributed by atoms with Gasteiger partial charge in [0.25, 0.3) is 5.91 Å². The lowest BCUT2D eigenvalue weighted by Crippen LogP contribution is -2.32. The molecule has 0 atom stereocenters. The molecule has 0 fully saturated rings. The molecule has 34 heavy (non-hydrogen) atoms. The number of thioether (sulfide) groups is 1. The van der Waals surface area contributed by atoms with E-state index in [-0.39, 0.29) is 23.1 Å². The van der Waals surface area contributed by atoms with E-state index in [1.54, 1.807) is 12.2 Å². The van der Waals surface area contributed by atoms with Crippen LogP contribution in [-0.4, -0.2) is 50.0 Å². The number of benzene rings is 2. The van der Waals surface area contributed by atoms with Crippen molar-refractivity contribution in [2.45, 2.75) is 6.61 Å². The van der Waals surface area contributed by atoms with Gasteiger partial charge in [-0.1, -0.05) is 30.0 Å². The normalized spacial score (nSPS) is 14.4. The number of amidine groups is 1. The number of hydrogen-bond donors (Lipinski definition) is 1. The first-order valence-corrected chi connectivity index (χ1v) is 11.2. The molecule has 0 saturated heterocycles. The minimum absolute atomic E-state index is 0.0305. The fraction of sp³-hybridized carbons (Fsp3) is 0.208. The number of rotatable bonds is 9. The van der Waals surface area contributed by atoms with Crippen molar-refractivity contribution in [3.05, 3.63) is 72.4 Å². The molecule has 10 heteroatoms. The third-order valence-electron chi connectivity index (χ3n) is 4.64. The van der Waals surface area contributed by atoms with Crippen LogP contribution in [0.5, 0.6) is 5.75 Å². The summed E-state index contributed by atoms with van der Waals surface area (Å²) in [6.45, 7) is 0.934. The number of amides is 2. The van der Waals surface area contributed by atoms with Crippen LogP contribution in [0.2, 0.25) is 0 Å². The van der Waals surface area contributed by atoms with Crippen molar-refractivity contribution in [1.82, 2.24) is 5.32 Å². The second-order valence-corrected chi connectivity index (χ2v) is 8.25. The quantitative estimate of drug-likeness (QED) is 0.426. The monoisotopic (exact) mass is 486 g/mol. The maximum absolute atomic E-state index is 13.2. The van der Waals surface area contributed by atoms with Crippen LogP contribution in [0.3, 0.4) is 0 Å². The molecular weight excluding hydrogens is 462 g/mol. The van der Waals surface area contributed by atoms with Crippen molar-refractivity contribution in [2.75, 3.05) is 36.2 Å². The minimum atomic E-state index is -2.95. The molecule has 0 unspecified atom stereocenters. The van der Waals surface area contributed by atoms with Crippen LogP contribution in [0.15, 0.2) is 71.9 Å². The number of alkyl halides is 2. The van der Waals surface area contributed by atoms with Crippen molar-refractivity contribution >= 4 is 46.2 Å². The molecule has 2 aromatic rings. The number of nitrogens with one attached hydrogen (secondary N) is 1. The highest BCUT2D eigenvalue weighted by molar-refractivity contribution is 8.14. The molecule has 2 aromatic carbocycles. The summed E-state index contributed by atoms with van der Waals surface area (Å²) >= 11 is 1.09. The second kappa shape index (κ2) is 11.5. The molecule has 0 aliphatic carbocycles. The largest absolute Gasteiger partial charge is 0.435 e. The Morgan fingerprint density at radius 1 is 1.21 bits per heavy atom. The summed E-state index contributed by atoms with van der Waals surface area (Å²) in [5, 5.41) is 2.97. The zero-order chi connectivity index (χ0) is 24.7. The van der Waals surface area contributed by atoms with Crippen LogP contribution in [0.4, 0.5) is 20.2 Å². The van der Waals surface area contributed by atoms with Crippen molar-refractivity contribution in [1.29, 1.82) is 0 Å². The molecule has 0 bridgehead atoms. The van der Waals surface area contributed by atoms with E-state index in [0.717, 1.165) is 23.0 Å². The predicted molar refractivity (Wildman–Crippen MR) is 132 cm³/mol. The van der Waals surface area contributed by atoms with E-state index in [2.05, 4.69) is 21.6 Å². The maximum atomic E-state index is 13.2. The van der Waals surface area contributed by atoms with Gasteiger partial charge in [-0.3, -0.25) is 14.5 Å². The Bertz CT molecular complexity index is 1100. The Morgan fingerprint density at radius 2 is 1.88 bits per heavy atom. The fourth-order valence-electron chi connectivity index (χ4n) is 2.99. The second-order valence-electron chi connectivity index (χ2n) is 7.30. The topological polar surface area (TPSA) is 74.2 Å². The van der Waals surface area contributed by atoms with E-state index >= 15 is 0 Å². The van der Waals surface area contributed by atoms with Gasteiger partial charge in [0, 0.05) is 26.3 Å². The van der Waals surface area contributed by atoms with Crippen LogP contribution in [0.25, 0.3) is 6.08 Å². The summed E-state index contributed by atoms with van der Waals surface area (Å²) in [7, 11) is 3.87. The predicted octanol–water partition coefficient (Wildman–Crippen LogP) is 4.13. The summed E-state index contributed by atoms with van der Waals surface area (Å²) in [6.07, 6.45) is 3.23. The van der Waals surface area contributed by atoms with Gasteiger partial charge < -0.3 is 15.0 Å². The summed E-state index contributed by atoms with van der Waals surface area (Å²) in [5.41, 5.74) is 2.40. The van der Waals surface area contributed by atoms with Gasteiger partial charge in [0.2, 0.25) is 5.91 Å². The first-order valence-electron chi connectivity index (χ1n) is 10.3. The highest BCUT2D eigenvalue weighted by Gasteiger charge is 2.32. The van der Waals surface area contributed by atoms with E-state index in [9.17, 15) is 18.4 Å². The van der Waals surface area contributed by atoms with Gasteiger partial charge in [0.15, 0.2) is 5.17 Å². The standard InChI is InChI=1S/C24H24F2N4O3S/c1-4-13-27-21(31)15-34-24-28-20(14-16-5-7-17(8-6-16)29(2)3)22(32)30(24)18-9-11-19(12-10-18)33-23(25)26/h4-12,14,23H,1,13,15H2,2-3H3,(H,27,31)/b20-14-. The lowest BCUT2D eigenvalue weighted by molar-refractivity contribution is -0.118. The van der Waals surface area contributed by atoms with Gasteiger partial charge in [-0.2, -0.15) is 8.78 Å². The number of anilines is 2. The highest BCUT2D eigenvalue weighted by Crippen LogP contribution is 2.31. The molecule has 0 radical (unpaired) electrons. The van der Waals surface area contributed by atoms with Crippen molar-refractivity contribution < 1.29 is 23.1 Å². The molecule has 178 valence electrons. The van der Waals surface area contributed by atoms with Crippen molar-refractivity contribution in [3.63, 3.8) is 0 Å². The van der Waals surface area contributed by atoms with Crippen LogP contribution < -0.4 is 19.9 Å². The molecule has 7 nitrogen and oxygen atoms in total. The number of carbonyl (C=O) groups excluding carboxylic acids is 2. The molecule has 3 rings (SSSR count). The molecule has 0 saturated carbocycles. The van der Waals surface area contributed by atoms with Gasteiger partial charge in [0.1, 0.15) is 11.4 Å². The van der Waals surface area contributed by atoms with Gasteiger partial charge in [0.05, 0.1) is 11.4 Å². The smallest absolute Gasteiger partial charge is 0.387 e. The minimum Gasteiger partial charge on any atom is -0.435 e. The number of carbonyl (C=O) groups is 2. The van der Waals surface area contributed by atoms with Crippen molar-refractivity contribution in [3.8, 4) is 5.75 Å². The Balaban J connectivity index is 1.87.